The van der Waals surface area contributed by atoms with Gasteiger partial charge in [-0.15, -0.1) is 0 Å². The molecule has 1 heterocycles. The van der Waals surface area contributed by atoms with Crippen LogP contribution in [-0.2, 0) is 27.7 Å². The van der Waals surface area contributed by atoms with Crippen molar-refractivity contribution in [1.29, 1.82) is 0 Å². The summed E-state index contributed by atoms with van der Waals surface area (Å²) in [6.45, 7) is 0.248. The smallest absolute Gasteiger partial charge is 0.243 e. The van der Waals surface area contributed by atoms with Crippen LogP contribution in [0.15, 0.2) is 23.1 Å². The lowest BCUT2D eigenvalue weighted by Gasteiger charge is -2.24. The van der Waals surface area contributed by atoms with Crippen molar-refractivity contribution < 1.29 is 18.3 Å². The van der Waals surface area contributed by atoms with Gasteiger partial charge in [0.1, 0.15) is 0 Å². The lowest BCUT2D eigenvalue weighted by atomic mass is 10.1. The summed E-state index contributed by atoms with van der Waals surface area (Å²) in [6.07, 6.45) is 3.81. The maximum atomic E-state index is 12.6. The molecule has 0 radical (unpaired) electrons. The van der Waals surface area contributed by atoms with Crippen molar-refractivity contribution in [2.75, 3.05) is 6.54 Å². The quantitative estimate of drug-likeness (QED) is 0.791. The zero-order valence-corrected chi connectivity index (χ0v) is 11.9. The maximum absolute atomic E-state index is 12.6. The predicted molar refractivity (Wildman–Crippen MR) is 70.4 cm³/mol. The Hall–Kier alpha value is -1.40. The molecular weight excluding hydrogens is 278 g/mol. The average Bonchev–Trinajstić information content (AvgIpc) is 3.06. The largest absolute Gasteiger partial charge is 0.548 e. The Kier molecular flexibility index (Phi) is 3.30. The first-order valence-electron chi connectivity index (χ1n) is 6.84. The number of carboxylic acids is 1. The van der Waals surface area contributed by atoms with Gasteiger partial charge in [-0.25, -0.2) is 8.42 Å². The Morgan fingerprint density at radius 2 is 1.95 bits per heavy atom. The molecule has 20 heavy (non-hydrogen) atoms. The number of hydrogen-bond acceptors (Lipinski definition) is 4. The molecule has 1 aromatic rings. The first-order chi connectivity index (χ1) is 9.50. The van der Waals surface area contributed by atoms with Crippen LogP contribution in [-0.4, -0.2) is 31.3 Å². The van der Waals surface area contributed by atoms with Crippen LogP contribution >= 0.6 is 0 Å². The molecule has 0 N–H and O–H groups in total. The molecule has 0 unspecified atom stereocenters. The van der Waals surface area contributed by atoms with Crippen LogP contribution in [0.5, 0.6) is 0 Å². The van der Waals surface area contributed by atoms with Crippen molar-refractivity contribution in [1.82, 2.24) is 4.31 Å². The van der Waals surface area contributed by atoms with E-state index in [-0.39, 0.29) is 11.4 Å². The molecule has 1 atom stereocenters. The van der Waals surface area contributed by atoms with E-state index in [9.17, 15) is 18.3 Å². The number of carbonyl (C=O) groups excluding carboxylic acids is 1. The van der Waals surface area contributed by atoms with Crippen molar-refractivity contribution in [3.05, 3.63) is 29.3 Å². The fourth-order valence-electron chi connectivity index (χ4n) is 3.11. The van der Waals surface area contributed by atoms with Crippen LogP contribution in [0.25, 0.3) is 0 Å². The maximum Gasteiger partial charge on any atom is 0.243 e. The fourth-order valence-corrected chi connectivity index (χ4v) is 4.81. The minimum atomic E-state index is -3.74. The van der Waals surface area contributed by atoms with E-state index in [1.807, 2.05) is 6.07 Å². The number of carbonyl (C=O) groups is 1. The zero-order valence-electron chi connectivity index (χ0n) is 11.0. The summed E-state index contributed by atoms with van der Waals surface area (Å²) in [5, 5.41) is 11.1. The number of fused-ring (bicyclic) bond motifs is 1. The Morgan fingerprint density at radius 3 is 2.70 bits per heavy atom. The molecule has 2 aliphatic rings. The van der Waals surface area contributed by atoms with Gasteiger partial charge in [-0.1, -0.05) is 6.07 Å². The number of rotatable bonds is 3. The lowest BCUT2D eigenvalue weighted by Crippen LogP contribution is -2.46. The molecule has 1 aromatic carbocycles. The van der Waals surface area contributed by atoms with Gasteiger partial charge >= 0.3 is 0 Å². The third-order valence-electron chi connectivity index (χ3n) is 4.15. The van der Waals surface area contributed by atoms with Gasteiger partial charge in [0, 0.05) is 6.54 Å². The molecule has 108 valence electrons. The topological polar surface area (TPSA) is 77.5 Å². The predicted octanol–water partition coefficient (Wildman–Crippen LogP) is 0.0783. The minimum absolute atomic E-state index is 0.200. The van der Waals surface area contributed by atoms with E-state index in [4.69, 9.17) is 0 Å². The standard InChI is InChI=1S/C14H17NO4S/c16-14(17)13-5-2-8-15(13)20(18,19)12-7-6-10-3-1-4-11(10)9-12/h6-7,9,13H,1-5,8H2,(H,16,17)/p-1/t13-/m0/s1. The van der Waals surface area contributed by atoms with Gasteiger partial charge in [-0.3, -0.25) is 0 Å². The van der Waals surface area contributed by atoms with Crippen molar-refractivity contribution in [3.63, 3.8) is 0 Å². The van der Waals surface area contributed by atoms with Crippen molar-refractivity contribution >= 4 is 16.0 Å². The van der Waals surface area contributed by atoms with Gasteiger partial charge in [0.15, 0.2) is 0 Å². The van der Waals surface area contributed by atoms with Gasteiger partial charge in [-0.2, -0.15) is 4.31 Å². The summed E-state index contributed by atoms with van der Waals surface area (Å²) in [5.41, 5.74) is 2.26. The number of benzene rings is 1. The number of sulfonamides is 1. The molecule has 1 aliphatic heterocycles. The number of aliphatic carboxylic acids is 1. The third kappa shape index (κ3) is 2.13. The highest BCUT2D eigenvalue weighted by Gasteiger charge is 2.36. The Balaban J connectivity index is 1.97. The summed E-state index contributed by atoms with van der Waals surface area (Å²) in [4.78, 5) is 11.3. The van der Waals surface area contributed by atoms with Crippen LogP contribution < -0.4 is 5.11 Å². The van der Waals surface area contributed by atoms with Crippen LogP contribution in [0.4, 0.5) is 0 Å². The zero-order chi connectivity index (χ0) is 14.3. The molecule has 0 saturated carbocycles. The van der Waals surface area contributed by atoms with Gasteiger partial charge in [0.2, 0.25) is 10.0 Å². The molecule has 1 aliphatic carbocycles. The SMILES string of the molecule is O=C([O-])[C@@H]1CCCN1S(=O)(=O)c1ccc2c(c1)CCC2. The van der Waals surface area contributed by atoms with Crippen LogP contribution in [0.1, 0.15) is 30.4 Å². The number of nitrogens with zero attached hydrogens (tertiary/aromatic N) is 1. The van der Waals surface area contributed by atoms with Crippen LogP contribution in [0.2, 0.25) is 0 Å². The molecule has 5 nitrogen and oxygen atoms in total. The highest BCUT2D eigenvalue weighted by atomic mass is 32.2. The minimum Gasteiger partial charge on any atom is -0.548 e. The molecule has 1 saturated heterocycles. The van der Waals surface area contributed by atoms with Gasteiger partial charge in [-0.05, 0) is 55.4 Å². The van der Waals surface area contributed by atoms with Gasteiger partial charge in [0.05, 0.1) is 16.9 Å². The number of carboxylic acid groups (broad SMARTS) is 1. The highest BCUT2D eigenvalue weighted by Crippen LogP contribution is 2.29. The first-order valence-corrected chi connectivity index (χ1v) is 8.28. The molecule has 3 rings (SSSR count). The first kappa shape index (κ1) is 13.6. The second kappa shape index (κ2) is 4.86. The summed E-state index contributed by atoms with van der Waals surface area (Å²) in [7, 11) is -3.74. The highest BCUT2D eigenvalue weighted by molar-refractivity contribution is 7.89. The lowest BCUT2D eigenvalue weighted by molar-refractivity contribution is -0.309. The molecular formula is C14H16NO4S-. The number of hydrogen-bond donors (Lipinski definition) is 0. The number of aryl methyl sites for hydroxylation is 2. The third-order valence-corrected chi connectivity index (χ3v) is 6.06. The molecule has 0 aromatic heterocycles. The van der Waals surface area contributed by atoms with E-state index >= 15 is 0 Å². The molecule has 0 spiro atoms. The summed E-state index contributed by atoms with van der Waals surface area (Å²) < 4.78 is 26.2. The second-order valence-corrected chi connectivity index (χ2v) is 7.27. The second-order valence-electron chi connectivity index (χ2n) is 5.38. The van der Waals surface area contributed by atoms with Crippen molar-refractivity contribution in [2.45, 2.75) is 43.0 Å². The van der Waals surface area contributed by atoms with E-state index in [0.717, 1.165) is 29.1 Å². The van der Waals surface area contributed by atoms with Gasteiger partial charge in [0.25, 0.3) is 0 Å². The van der Waals surface area contributed by atoms with Crippen molar-refractivity contribution in [3.8, 4) is 0 Å². The average molecular weight is 294 g/mol. The van der Waals surface area contributed by atoms with Crippen molar-refractivity contribution in [2.24, 2.45) is 0 Å². The molecule has 1 fully saturated rings. The molecule has 0 bridgehead atoms. The molecule has 0 amide bonds. The van der Waals surface area contributed by atoms with E-state index in [2.05, 4.69) is 0 Å². The normalized spacial score (nSPS) is 22.9. The van der Waals surface area contributed by atoms with E-state index < -0.39 is 22.0 Å². The Morgan fingerprint density at radius 1 is 1.20 bits per heavy atom. The van der Waals surface area contributed by atoms with E-state index in [0.29, 0.717) is 12.8 Å². The Bertz CT molecular complexity index is 653. The summed E-state index contributed by atoms with van der Waals surface area (Å²) in [6, 6.07) is 4.10. The summed E-state index contributed by atoms with van der Waals surface area (Å²) >= 11 is 0. The summed E-state index contributed by atoms with van der Waals surface area (Å²) in [5.74, 6) is -1.31. The van der Waals surface area contributed by atoms with E-state index in [1.54, 1.807) is 12.1 Å². The van der Waals surface area contributed by atoms with Gasteiger partial charge < -0.3 is 9.90 Å². The van der Waals surface area contributed by atoms with Crippen LogP contribution in [0, 0.1) is 0 Å². The monoisotopic (exact) mass is 294 g/mol. The Labute approximate surface area is 118 Å². The molecule has 6 heteroatoms. The fraction of sp³-hybridized carbons (Fsp3) is 0.500. The van der Waals surface area contributed by atoms with Crippen LogP contribution in [0.3, 0.4) is 0 Å². The van der Waals surface area contributed by atoms with E-state index in [1.165, 1.54) is 5.56 Å².